The second-order valence-electron chi connectivity index (χ2n) is 6.07. The predicted molar refractivity (Wildman–Crippen MR) is 90.4 cm³/mol. The van der Waals surface area contributed by atoms with Gasteiger partial charge in [0, 0.05) is 42.6 Å². The molecule has 1 aliphatic heterocycles. The second-order valence-corrected chi connectivity index (χ2v) is 6.07. The summed E-state index contributed by atoms with van der Waals surface area (Å²) in [6.45, 7) is 4.92. The van der Waals surface area contributed by atoms with Gasteiger partial charge in [-0.25, -0.2) is 19.9 Å². The number of nitrogens with one attached hydrogen (secondary N) is 1. The monoisotopic (exact) mass is 321 g/mol. The Hall–Kier alpha value is -2.83. The van der Waals surface area contributed by atoms with E-state index in [0.717, 1.165) is 53.8 Å². The number of H-pyrrole nitrogens is 1. The van der Waals surface area contributed by atoms with Crippen molar-refractivity contribution >= 4 is 5.82 Å². The molecular weight excluding hydrogens is 302 g/mol. The topological polar surface area (TPSA) is 83.5 Å². The van der Waals surface area contributed by atoms with Crippen LogP contribution in [0.5, 0.6) is 0 Å². The molecule has 7 nitrogen and oxygen atoms in total. The normalized spacial score (nSPS) is 17.4. The van der Waals surface area contributed by atoms with Gasteiger partial charge < -0.3 is 9.88 Å². The first-order chi connectivity index (χ1) is 11.7. The number of imidazole rings is 1. The lowest BCUT2D eigenvalue weighted by atomic mass is 10.1. The Bertz CT molecular complexity index is 857. The zero-order valence-electron chi connectivity index (χ0n) is 13.8. The molecule has 1 fully saturated rings. The maximum absolute atomic E-state index is 4.64. The summed E-state index contributed by atoms with van der Waals surface area (Å²) >= 11 is 0. The third kappa shape index (κ3) is 2.62. The van der Waals surface area contributed by atoms with Crippen LogP contribution in [0.4, 0.5) is 5.82 Å². The van der Waals surface area contributed by atoms with E-state index in [4.69, 9.17) is 0 Å². The average molecular weight is 321 g/mol. The lowest BCUT2D eigenvalue weighted by molar-refractivity contribution is 0.683. The van der Waals surface area contributed by atoms with Gasteiger partial charge in [0.2, 0.25) is 0 Å². The van der Waals surface area contributed by atoms with Crippen molar-refractivity contribution in [1.82, 2.24) is 29.9 Å². The van der Waals surface area contributed by atoms with Gasteiger partial charge in [-0.15, -0.1) is 0 Å². The highest BCUT2D eigenvalue weighted by molar-refractivity contribution is 5.56. The molecule has 1 aliphatic rings. The third-order valence-corrected chi connectivity index (χ3v) is 4.31. The molecule has 7 heteroatoms. The van der Waals surface area contributed by atoms with Crippen molar-refractivity contribution in [2.45, 2.75) is 32.7 Å². The summed E-state index contributed by atoms with van der Waals surface area (Å²) in [5, 5.41) is 0. The van der Waals surface area contributed by atoms with E-state index in [-0.39, 0.29) is 6.04 Å². The van der Waals surface area contributed by atoms with Crippen LogP contribution in [0.25, 0.3) is 11.5 Å². The molecule has 0 bridgehead atoms. The number of nitrogens with zero attached hydrogens (tertiary/aromatic N) is 6. The lowest BCUT2D eigenvalue weighted by Crippen LogP contribution is -2.25. The van der Waals surface area contributed by atoms with Crippen molar-refractivity contribution in [3.05, 3.63) is 48.1 Å². The van der Waals surface area contributed by atoms with Crippen molar-refractivity contribution in [3.8, 4) is 11.5 Å². The molecule has 0 saturated carbocycles. The third-order valence-electron chi connectivity index (χ3n) is 4.31. The summed E-state index contributed by atoms with van der Waals surface area (Å²) in [4.78, 5) is 27.8. The smallest absolute Gasteiger partial charge is 0.158 e. The Kier molecular flexibility index (Phi) is 3.68. The van der Waals surface area contributed by atoms with Crippen molar-refractivity contribution in [1.29, 1.82) is 0 Å². The van der Waals surface area contributed by atoms with Crippen LogP contribution in [-0.4, -0.2) is 36.4 Å². The zero-order valence-corrected chi connectivity index (χ0v) is 13.8. The van der Waals surface area contributed by atoms with E-state index in [1.165, 1.54) is 0 Å². The van der Waals surface area contributed by atoms with E-state index in [1.807, 2.05) is 26.1 Å². The Labute approximate surface area is 140 Å². The number of hydrogen-bond donors (Lipinski definition) is 1. The summed E-state index contributed by atoms with van der Waals surface area (Å²) in [7, 11) is 0. The summed E-state index contributed by atoms with van der Waals surface area (Å²) in [5.74, 6) is 1.71. The first-order valence-corrected chi connectivity index (χ1v) is 8.10. The quantitative estimate of drug-likeness (QED) is 0.798. The van der Waals surface area contributed by atoms with Gasteiger partial charge in [-0.3, -0.25) is 4.98 Å². The molecular formula is C17H19N7. The number of aromatic nitrogens is 6. The molecule has 3 aromatic heterocycles. The minimum atomic E-state index is 0.147. The number of rotatable bonds is 3. The highest BCUT2D eigenvalue weighted by Crippen LogP contribution is 2.37. The fourth-order valence-corrected chi connectivity index (χ4v) is 3.23. The van der Waals surface area contributed by atoms with Gasteiger partial charge in [0.05, 0.1) is 11.7 Å². The van der Waals surface area contributed by atoms with E-state index in [1.54, 1.807) is 18.7 Å². The van der Waals surface area contributed by atoms with E-state index in [9.17, 15) is 0 Å². The molecule has 122 valence electrons. The second kappa shape index (κ2) is 5.99. The van der Waals surface area contributed by atoms with E-state index in [0.29, 0.717) is 0 Å². The van der Waals surface area contributed by atoms with Gasteiger partial charge in [-0.1, -0.05) is 0 Å². The van der Waals surface area contributed by atoms with Gasteiger partial charge in [0.1, 0.15) is 17.8 Å². The number of anilines is 1. The van der Waals surface area contributed by atoms with Crippen molar-refractivity contribution < 1.29 is 0 Å². The van der Waals surface area contributed by atoms with E-state index in [2.05, 4.69) is 34.8 Å². The molecule has 24 heavy (non-hydrogen) atoms. The Morgan fingerprint density at radius 2 is 1.96 bits per heavy atom. The summed E-state index contributed by atoms with van der Waals surface area (Å²) in [6.07, 6.45) is 9.01. The zero-order chi connectivity index (χ0) is 16.5. The fraction of sp³-hybridized carbons (Fsp3) is 0.353. The highest BCUT2D eigenvalue weighted by atomic mass is 15.2. The molecule has 1 saturated heterocycles. The molecule has 4 rings (SSSR count). The van der Waals surface area contributed by atoms with Gasteiger partial charge in [-0.2, -0.15) is 0 Å². The summed E-state index contributed by atoms with van der Waals surface area (Å²) < 4.78 is 0. The number of aryl methyl sites for hydroxylation is 2. The van der Waals surface area contributed by atoms with Crippen LogP contribution in [0.2, 0.25) is 0 Å². The molecule has 1 N–H and O–H groups in total. The maximum Gasteiger partial charge on any atom is 0.158 e. The molecule has 0 radical (unpaired) electrons. The fourth-order valence-electron chi connectivity index (χ4n) is 3.23. The SMILES string of the molecule is Cc1cc(N2CCC[C@H]2c2nccnc2-c2ncc(C)[nH]2)ncn1. The lowest BCUT2D eigenvalue weighted by Gasteiger charge is -2.26. The molecule has 0 amide bonds. The minimum Gasteiger partial charge on any atom is -0.348 e. The van der Waals surface area contributed by atoms with Crippen LogP contribution in [-0.2, 0) is 0 Å². The van der Waals surface area contributed by atoms with Gasteiger partial charge in [0.25, 0.3) is 0 Å². The van der Waals surface area contributed by atoms with Crippen LogP contribution in [0, 0.1) is 13.8 Å². The largest absolute Gasteiger partial charge is 0.348 e. The Morgan fingerprint density at radius 1 is 1.08 bits per heavy atom. The maximum atomic E-state index is 4.64. The van der Waals surface area contributed by atoms with Gasteiger partial charge in [-0.05, 0) is 26.7 Å². The first kappa shape index (κ1) is 14.7. The van der Waals surface area contributed by atoms with Crippen LogP contribution in [0.3, 0.4) is 0 Å². The molecule has 0 unspecified atom stereocenters. The predicted octanol–water partition coefficient (Wildman–Crippen LogP) is 2.62. The van der Waals surface area contributed by atoms with Crippen LogP contribution in [0.1, 0.15) is 36.0 Å². The van der Waals surface area contributed by atoms with Crippen molar-refractivity contribution in [3.63, 3.8) is 0 Å². The van der Waals surface area contributed by atoms with Crippen LogP contribution in [0.15, 0.2) is 31.0 Å². The van der Waals surface area contributed by atoms with Crippen LogP contribution >= 0.6 is 0 Å². The van der Waals surface area contributed by atoms with Gasteiger partial charge >= 0.3 is 0 Å². The Morgan fingerprint density at radius 3 is 2.75 bits per heavy atom. The minimum absolute atomic E-state index is 0.147. The number of hydrogen-bond acceptors (Lipinski definition) is 6. The molecule has 4 heterocycles. The van der Waals surface area contributed by atoms with Gasteiger partial charge in [0.15, 0.2) is 5.82 Å². The highest BCUT2D eigenvalue weighted by Gasteiger charge is 2.31. The molecule has 3 aromatic rings. The first-order valence-electron chi connectivity index (χ1n) is 8.10. The van der Waals surface area contributed by atoms with E-state index >= 15 is 0 Å². The Balaban J connectivity index is 1.75. The molecule has 1 atom stereocenters. The summed E-state index contributed by atoms with van der Waals surface area (Å²) in [6, 6.07) is 2.17. The van der Waals surface area contributed by atoms with Crippen molar-refractivity contribution in [2.24, 2.45) is 0 Å². The molecule has 0 aliphatic carbocycles. The van der Waals surface area contributed by atoms with Crippen LogP contribution < -0.4 is 4.90 Å². The standard InChI is InChI=1S/C17H19N7/c1-11-8-14(22-10-21-11)24-7-3-4-13(24)15-16(19-6-5-18-15)17-20-9-12(2)23-17/h5-6,8-10,13H,3-4,7H2,1-2H3,(H,20,23)/t13-/m0/s1. The number of aromatic amines is 1. The molecule has 0 aromatic carbocycles. The summed E-state index contributed by atoms with van der Waals surface area (Å²) in [5.41, 5.74) is 3.73. The van der Waals surface area contributed by atoms with E-state index < -0.39 is 0 Å². The van der Waals surface area contributed by atoms with Crippen molar-refractivity contribution in [2.75, 3.05) is 11.4 Å². The molecule has 0 spiro atoms. The average Bonchev–Trinajstić information content (AvgIpc) is 3.24.